The average molecular weight is 392 g/mol. The lowest BCUT2D eigenvalue weighted by molar-refractivity contribution is -0.106. The maximum Gasteiger partial charge on any atom is 0.253 e. The van der Waals surface area contributed by atoms with Crippen molar-refractivity contribution >= 4 is 24.2 Å². The summed E-state index contributed by atoms with van der Waals surface area (Å²) in [5, 5.41) is 0. The van der Waals surface area contributed by atoms with Crippen LogP contribution in [0.25, 0.3) is 0 Å². The summed E-state index contributed by atoms with van der Waals surface area (Å²) in [7, 11) is 1.38. The van der Waals surface area contributed by atoms with E-state index in [1.807, 2.05) is 34.6 Å². The molecule has 0 heterocycles. The molecule has 0 radical (unpaired) electrons. The Bertz CT molecular complexity index is 473. The molecule has 0 spiro atoms. The molecule has 0 aliphatic rings. The summed E-state index contributed by atoms with van der Waals surface area (Å²) >= 11 is 0.755. The van der Waals surface area contributed by atoms with Gasteiger partial charge in [-0.3, -0.25) is 4.79 Å². The van der Waals surface area contributed by atoms with E-state index in [9.17, 15) is 9.18 Å². The molecular formula is C19H34FNO4S. The van der Waals surface area contributed by atoms with E-state index >= 15 is 0 Å². The molecule has 0 saturated carbocycles. The zero-order chi connectivity index (χ0) is 21.0. The highest BCUT2D eigenvalue weighted by Crippen LogP contribution is 2.18. The van der Waals surface area contributed by atoms with Crippen molar-refractivity contribution < 1.29 is 23.3 Å². The van der Waals surface area contributed by atoms with Gasteiger partial charge in [0.2, 0.25) is 0 Å². The van der Waals surface area contributed by atoms with Crippen LogP contribution in [0.15, 0.2) is 18.2 Å². The van der Waals surface area contributed by atoms with Gasteiger partial charge in [-0.05, 0) is 50.5 Å². The monoisotopic (exact) mass is 391 g/mol. The van der Waals surface area contributed by atoms with Crippen LogP contribution in [0.5, 0.6) is 5.75 Å². The van der Waals surface area contributed by atoms with Crippen molar-refractivity contribution in [2.75, 3.05) is 26.0 Å². The quantitative estimate of drug-likeness (QED) is 0.395. The second-order valence-electron chi connectivity index (χ2n) is 4.16. The van der Waals surface area contributed by atoms with E-state index in [2.05, 4.69) is 0 Å². The largest absolute Gasteiger partial charge is 0.494 e. The number of methoxy groups -OCH3 is 1. The third-order valence-electron chi connectivity index (χ3n) is 2.73. The fourth-order valence-corrected chi connectivity index (χ4v) is 1.96. The normalized spacial score (nSPS) is 8.50. The molecule has 0 unspecified atom stereocenters. The van der Waals surface area contributed by atoms with Gasteiger partial charge in [-0.15, -0.1) is 0 Å². The Morgan fingerprint density at radius 2 is 1.85 bits per heavy atom. The van der Waals surface area contributed by atoms with E-state index < -0.39 is 5.82 Å². The molecule has 152 valence electrons. The Morgan fingerprint density at radius 3 is 2.23 bits per heavy atom. The van der Waals surface area contributed by atoms with Gasteiger partial charge in [0.1, 0.15) is 6.29 Å². The predicted molar refractivity (Wildman–Crippen MR) is 109 cm³/mol. The number of benzene rings is 1. The number of hydrogen-bond acceptors (Lipinski definition) is 5. The van der Waals surface area contributed by atoms with Crippen molar-refractivity contribution in [3.8, 4) is 5.75 Å². The average Bonchev–Trinajstić information content (AvgIpc) is 2.68. The second kappa shape index (κ2) is 21.4. The molecule has 0 saturated heterocycles. The van der Waals surface area contributed by atoms with Crippen LogP contribution in [-0.4, -0.2) is 47.6 Å². The van der Waals surface area contributed by atoms with E-state index in [0.29, 0.717) is 30.8 Å². The van der Waals surface area contributed by atoms with Gasteiger partial charge in [0.25, 0.3) is 5.91 Å². The highest BCUT2D eigenvalue weighted by molar-refractivity contribution is 7.93. The first-order valence-corrected chi connectivity index (χ1v) is 9.78. The number of aldehydes is 1. The third kappa shape index (κ3) is 12.7. The van der Waals surface area contributed by atoms with Gasteiger partial charge in [0.15, 0.2) is 11.6 Å². The topological polar surface area (TPSA) is 66.8 Å². The summed E-state index contributed by atoms with van der Waals surface area (Å²) in [5.41, 5.74) is 0.303. The van der Waals surface area contributed by atoms with Crippen molar-refractivity contribution in [1.82, 2.24) is 4.90 Å². The summed E-state index contributed by atoms with van der Waals surface area (Å²) in [6.45, 7) is 12.4. The molecule has 0 aromatic heterocycles. The molecule has 1 aromatic carbocycles. The Hall–Kier alpha value is -1.60. The van der Waals surface area contributed by atoms with Crippen molar-refractivity contribution in [2.24, 2.45) is 0 Å². The summed E-state index contributed by atoms with van der Waals surface area (Å²) in [5.74, 6) is -0.0700. The van der Waals surface area contributed by atoms with Gasteiger partial charge >= 0.3 is 0 Å². The standard InChI is InChI=1S/C13H18FNO3S.C2H4O.2C2H6/c1-3-15(7-4-8-19-17)13(16)10-5-6-12(18-2)11(14)9-10;1-2-3;2*1-2/h5-6,9,17H,3-4,7-8H2,1-2H3;2H,1H3;2*1-2H3. The highest BCUT2D eigenvalue weighted by Gasteiger charge is 2.15. The van der Waals surface area contributed by atoms with Crippen LogP contribution >= 0.6 is 12.0 Å². The lowest BCUT2D eigenvalue weighted by Gasteiger charge is -2.20. The van der Waals surface area contributed by atoms with Gasteiger partial charge in [-0.25, -0.2) is 4.39 Å². The van der Waals surface area contributed by atoms with Crippen LogP contribution in [0.4, 0.5) is 4.39 Å². The van der Waals surface area contributed by atoms with Crippen LogP contribution in [-0.2, 0) is 4.79 Å². The van der Waals surface area contributed by atoms with Crippen LogP contribution in [0.2, 0.25) is 0 Å². The Balaban J connectivity index is -0.000000663. The van der Waals surface area contributed by atoms with E-state index in [-0.39, 0.29) is 11.7 Å². The van der Waals surface area contributed by atoms with Crippen molar-refractivity contribution in [3.63, 3.8) is 0 Å². The Labute approximate surface area is 162 Å². The van der Waals surface area contributed by atoms with Crippen LogP contribution < -0.4 is 4.74 Å². The lowest BCUT2D eigenvalue weighted by atomic mass is 10.1. The number of hydrogen-bond donors (Lipinski definition) is 1. The van der Waals surface area contributed by atoms with Gasteiger partial charge in [0.05, 0.1) is 7.11 Å². The second-order valence-corrected chi connectivity index (χ2v) is 4.82. The number of amides is 1. The van der Waals surface area contributed by atoms with Gasteiger partial charge in [-0.2, -0.15) is 0 Å². The van der Waals surface area contributed by atoms with Crippen LogP contribution in [0, 0.1) is 5.82 Å². The molecule has 0 atom stereocenters. The maximum atomic E-state index is 13.6. The number of carbonyl (C=O) groups is 2. The summed E-state index contributed by atoms with van der Waals surface area (Å²) in [4.78, 5) is 22.6. The third-order valence-corrected chi connectivity index (χ3v) is 3.20. The minimum absolute atomic E-state index is 0.122. The Morgan fingerprint density at radius 1 is 1.31 bits per heavy atom. The molecule has 0 fully saturated rings. The minimum atomic E-state index is -0.546. The van der Waals surface area contributed by atoms with Crippen molar-refractivity contribution in [2.45, 2.75) is 48.0 Å². The molecule has 1 rings (SSSR count). The molecular weight excluding hydrogens is 357 g/mol. The number of rotatable bonds is 7. The van der Waals surface area contributed by atoms with Gasteiger partial charge < -0.3 is 19.0 Å². The molecule has 1 aromatic rings. The fourth-order valence-electron chi connectivity index (χ4n) is 1.71. The van der Waals surface area contributed by atoms with Gasteiger partial charge in [0, 0.05) is 24.4 Å². The van der Waals surface area contributed by atoms with Crippen molar-refractivity contribution in [1.29, 1.82) is 0 Å². The Kier molecular flexibility index (Phi) is 24.1. The molecule has 0 aliphatic heterocycles. The molecule has 0 bridgehead atoms. The first kappa shape index (κ1) is 29.2. The first-order valence-electron chi connectivity index (χ1n) is 8.84. The van der Waals surface area contributed by atoms with Gasteiger partial charge in [-0.1, -0.05) is 27.7 Å². The van der Waals surface area contributed by atoms with E-state index in [4.69, 9.17) is 14.1 Å². The zero-order valence-electron chi connectivity index (χ0n) is 17.0. The fraction of sp³-hybridized carbons (Fsp3) is 0.579. The SMILES string of the molecule is CC.CC.CC=O.CCN(CCCSO)C(=O)c1ccc(OC)c(F)c1. The number of ether oxygens (including phenoxy) is 1. The first-order chi connectivity index (χ1) is 12.5. The summed E-state index contributed by atoms with van der Waals surface area (Å²) in [6.07, 6.45) is 1.44. The smallest absolute Gasteiger partial charge is 0.253 e. The highest BCUT2D eigenvalue weighted by atomic mass is 32.2. The molecule has 1 amide bonds. The lowest BCUT2D eigenvalue weighted by Crippen LogP contribution is -2.32. The number of carbonyl (C=O) groups excluding carboxylic acids is 2. The zero-order valence-corrected chi connectivity index (χ0v) is 17.9. The molecule has 7 heteroatoms. The summed E-state index contributed by atoms with van der Waals surface area (Å²) in [6, 6.07) is 4.18. The van der Waals surface area contributed by atoms with Crippen LogP contribution in [0.1, 0.15) is 58.3 Å². The van der Waals surface area contributed by atoms with Crippen LogP contribution in [0.3, 0.4) is 0 Å². The number of halogens is 1. The molecule has 26 heavy (non-hydrogen) atoms. The predicted octanol–water partition coefficient (Wildman–Crippen LogP) is 5.15. The molecule has 1 N–H and O–H groups in total. The van der Waals surface area contributed by atoms with E-state index in [1.54, 1.807) is 11.0 Å². The molecule has 5 nitrogen and oxygen atoms in total. The number of nitrogens with zero attached hydrogens (tertiary/aromatic N) is 1. The van der Waals surface area contributed by atoms with Crippen molar-refractivity contribution in [3.05, 3.63) is 29.6 Å². The molecule has 0 aliphatic carbocycles. The van der Waals surface area contributed by atoms with E-state index in [0.717, 1.165) is 18.3 Å². The maximum absolute atomic E-state index is 13.6. The minimum Gasteiger partial charge on any atom is -0.494 e. The summed E-state index contributed by atoms with van der Waals surface area (Å²) < 4.78 is 27.0. The van der Waals surface area contributed by atoms with E-state index in [1.165, 1.54) is 26.2 Å².